The van der Waals surface area contributed by atoms with Crippen molar-refractivity contribution in [2.45, 2.75) is 182 Å². The van der Waals surface area contributed by atoms with Crippen molar-refractivity contribution in [3.8, 4) is 11.5 Å². The molecule has 0 aliphatic heterocycles. The van der Waals surface area contributed by atoms with Gasteiger partial charge >= 0.3 is 0 Å². The summed E-state index contributed by atoms with van der Waals surface area (Å²) in [5, 5.41) is 13.3. The second kappa shape index (κ2) is 35.6. The van der Waals surface area contributed by atoms with E-state index in [4.69, 9.17) is 52.3 Å². The number of hydrogen-bond acceptors (Lipinski definition) is 24. The highest BCUT2D eigenvalue weighted by molar-refractivity contribution is 5.72. The van der Waals surface area contributed by atoms with E-state index in [0.29, 0.717) is 72.8 Å². The molecule has 0 unspecified atom stereocenters. The number of nitrogens with zero attached hydrogens (tertiary/aromatic N) is 14. The molecule has 0 fully saturated rings. The zero-order valence-corrected chi connectivity index (χ0v) is 48.5. The van der Waals surface area contributed by atoms with Crippen LogP contribution in [0.5, 0.6) is 11.5 Å². The molecule has 0 spiro atoms. The van der Waals surface area contributed by atoms with Gasteiger partial charge in [-0.2, -0.15) is 59.8 Å². The number of anilines is 14. The predicted octanol–water partition coefficient (Wildman–Crippen LogP) is 12.2. The van der Waals surface area contributed by atoms with Gasteiger partial charge in [0.15, 0.2) is 0 Å². The van der Waals surface area contributed by atoms with Crippen LogP contribution in [0, 0.1) is 0 Å². The number of aromatic nitrogens is 12. The fourth-order valence-corrected chi connectivity index (χ4v) is 8.85. The Morgan fingerprint density at radius 2 is 0.543 bits per heavy atom. The molecule has 12 N–H and O–H groups in total. The van der Waals surface area contributed by atoms with Crippen LogP contribution >= 0.6 is 0 Å². The summed E-state index contributed by atoms with van der Waals surface area (Å²) in [6, 6.07) is 14.5. The van der Waals surface area contributed by atoms with Gasteiger partial charge in [0.1, 0.15) is 11.5 Å². The molecule has 24 nitrogen and oxygen atoms in total. The van der Waals surface area contributed by atoms with Crippen molar-refractivity contribution in [3.63, 3.8) is 0 Å². The third-order valence-corrected chi connectivity index (χ3v) is 13.3. The summed E-state index contributed by atoms with van der Waals surface area (Å²) in [6.07, 6.45) is 27.7. The Bertz CT molecular complexity index is 2380. The average molecular weight is 1120 g/mol. The predicted molar refractivity (Wildman–Crippen MR) is 327 cm³/mol. The lowest BCUT2D eigenvalue weighted by Crippen LogP contribution is -2.21. The summed E-state index contributed by atoms with van der Waals surface area (Å²) in [6.45, 7) is 11.5. The Hall–Kier alpha value is -7.92. The summed E-state index contributed by atoms with van der Waals surface area (Å²) in [4.78, 5) is 58.2. The number of nitrogens with one attached hydrogen (secondary N) is 4. The minimum atomic E-state index is -0.114. The van der Waals surface area contributed by atoms with Crippen LogP contribution in [0.15, 0.2) is 48.5 Å². The Labute approximate surface area is 479 Å². The van der Waals surface area contributed by atoms with Crippen molar-refractivity contribution in [1.82, 2.24) is 59.8 Å². The molecular formula is C57H90N22O2. The lowest BCUT2D eigenvalue weighted by atomic mass is 10.1. The summed E-state index contributed by atoms with van der Waals surface area (Å²) >= 11 is 0. The molecule has 81 heavy (non-hydrogen) atoms. The fraction of sp³-hybridized carbons (Fsp3) is 0.579. The molecule has 0 radical (unpaired) electrons. The van der Waals surface area contributed by atoms with Crippen molar-refractivity contribution in [2.75, 3.05) is 87.0 Å². The van der Waals surface area contributed by atoms with Crippen molar-refractivity contribution in [3.05, 3.63) is 48.5 Å². The van der Waals surface area contributed by atoms with Crippen molar-refractivity contribution in [2.24, 2.45) is 0 Å². The second-order valence-electron chi connectivity index (χ2n) is 20.1. The molecule has 4 aromatic heterocycles. The summed E-state index contributed by atoms with van der Waals surface area (Å²) in [5.41, 5.74) is 26.5. The number of hydrogen-bond donors (Lipinski definition) is 8. The Morgan fingerprint density at radius 1 is 0.309 bits per heavy atom. The summed E-state index contributed by atoms with van der Waals surface area (Å²) < 4.78 is 12.2. The molecule has 0 saturated heterocycles. The van der Waals surface area contributed by atoms with E-state index < -0.39 is 0 Å². The molecule has 24 heteroatoms. The molecule has 440 valence electrons. The van der Waals surface area contributed by atoms with Gasteiger partial charge in [-0.25, -0.2) is 9.80 Å². The zero-order valence-electron chi connectivity index (χ0n) is 48.5. The summed E-state index contributed by atoms with van der Waals surface area (Å²) in [7, 11) is 0. The van der Waals surface area contributed by atoms with Gasteiger partial charge in [0.25, 0.3) is 0 Å². The van der Waals surface area contributed by atoms with Crippen LogP contribution in [0.2, 0.25) is 0 Å². The molecule has 0 bridgehead atoms. The number of benzene rings is 2. The minimum Gasteiger partial charge on any atom is -0.458 e. The normalized spacial score (nSPS) is 11.1. The first kappa shape index (κ1) is 62.3. The van der Waals surface area contributed by atoms with E-state index >= 15 is 0 Å². The molecule has 6 aromatic rings. The van der Waals surface area contributed by atoms with E-state index in [0.717, 1.165) is 51.4 Å². The van der Waals surface area contributed by atoms with E-state index in [2.05, 4.69) is 88.8 Å². The highest BCUT2D eigenvalue weighted by Crippen LogP contribution is 2.35. The molecule has 0 atom stereocenters. The quantitative estimate of drug-likeness (QED) is 0.0130. The van der Waals surface area contributed by atoms with E-state index in [1.54, 1.807) is 34.1 Å². The zero-order chi connectivity index (χ0) is 57.3. The number of nitrogen functional groups attached to an aromatic ring is 4. The standard InChI is InChI=1S/C57H90N22O2/c1-5-9-13-17-21-25-37-62-50-66-46(58)70-54(74-50)78(55-71-47(59)67-51(75-55)63-38-26-22-18-14-10-6-2)42-29-33-44(34-30-42)80-41-81-45-35-31-43(32-36-45)79(56-72-48(60)68-52(76-56)64-39-27-23-19-15-11-7-3)57-73-49(61)69-53(77-57)65-40-28-24-20-16-12-8-4/h29-36H,5-28,37-41H2,1-4H3,(H3,58,62,66,70,74)(H3,59,63,67,71,75)(H3,60,64,68,72,76)(H3,61,65,69,73,77). The maximum atomic E-state index is 6.33. The monoisotopic (exact) mass is 1110 g/mol. The molecule has 0 aliphatic rings. The van der Waals surface area contributed by atoms with Crippen LogP contribution in [-0.2, 0) is 0 Å². The molecule has 2 aromatic carbocycles. The van der Waals surface area contributed by atoms with Gasteiger partial charge in [-0.05, 0) is 74.2 Å². The molecule has 0 saturated carbocycles. The third kappa shape index (κ3) is 22.3. The Kier molecular flexibility index (Phi) is 27.4. The molecule has 6 rings (SSSR count). The number of nitrogens with two attached hydrogens (primary N) is 4. The molecule has 0 amide bonds. The van der Waals surface area contributed by atoms with E-state index in [-0.39, 0.29) is 54.4 Å². The second-order valence-corrected chi connectivity index (χ2v) is 20.1. The van der Waals surface area contributed by atoms with Gasteiger partial charge in [-0.3, -0.25) is 0 Å². The Balaban J connectivity index is 1.18. The average Bonchev–Trinajstić information content (AvgIpc) is 3.47. The third-order valence-electron chi connectivity index (χ3n) is 13.3. The molecule has 4 heterocycles. The first-order valence-electron chi connectivity index (χ1n) is 29.7. The van der Waals surface area contributed by atoms with E-state index in [1.165, 1.54) is 103 Å². The maximum Gasteiger partial charge on any atom is 0.243 e. The number of rotatable bonds is 42. The van der Waals surface area contributed by atoms with Crippen LogP contribution in [0.1, 0.15) is 182 Å². The van der Waals surface area contributed by atoms with Crippen molar-refractivity contribution >= 4 is 82.8 Å². The molecule has 0 aliphatic carbocycles. The molecular weight excluding hydrogens is 1020 g/mol. The van der Waals surface area contributed by atoms with Gasteiger partial charge in [0, 0.05) is 26.2 Å². The van der Waals surface area contributed by atoms with Gasteiger partial charge in [-0.15, -0.1) is 0 Å². The number of ether oxygens (including phenoxy) is 2. The highest BCUT2D eigenvalue weighted by atomic mass is 16.7. The topological polar surface area (TPSA) is 332 Å². The van der Waals surface area contributed by atoms with Crippen molar-refractivity contribution < 1.29 is 9.47 Å². The minimum absolute atomic E-state index is 0.0311. The summed E-state index contributed by atoms with van der Waals surface area (Å²) in [5.74, 6) is 3.29. The first-order valence-corrected chi connectivity index (χ1v) is 29.7. The fourth-order valence-electron chi connectivity index (χ4n) is 8.85. The van der Waals surface area contributed by atoms with E-state index in [9.17, 15) is 0 Å². The Morgan fingerprint density at radius 3 is 0.790 bits per heavy atom. The highest BCUT2D eigenvalue weighted by Gasteiger charge is 2.24. The van der Waals surface area contributed by atoms with Crippen molar-refractivity contribution in [1.29, 1.82) is 0 Å². The SMILES string of the molecule is CCCCCCCCNc1nc(N)nc(N(c2ccc(OCOc3ccc(N(c4nc(N)nc(NCCCCCCCC)n4)c4nc(N)nc(NCCCCCCCC)n4)cc3)cc2)c2nc(N)nc(NCCCCCCCC)n2)n1. The first-order chi connectivity index (χ1) is 39.7. The van der Waals surface area contributed by atoms with Gasteiger partial charge in [-0.1, -0.05) is 156 Å². The largest absolute Gasteiger partial charge is 0.458 e. The van der Waals surface area contributed by atoms with Gasteiger partial charge in [0.05, 0.1) is 11.4 Å². The smallest absolute Gasteiger partial charge is 0.243 e. The van der Waals surface area contributed by atoms with Gasteiger partial charge < -0.3 is 53.7 Å². The van der Waals surface area contributed by atoms with Crippen LogP contribution in [0.25, 0.3) is 0 Å². The maximum absolute atomic E-state index is 6.33. The van der Waals surface area contributed by atoms with E-state index in [1.807, 2.05) is 24.3 Å². The number of unbranched alkanes of at least 4 members (excludes halogenated alkanes) is 20. The lowest BCUT2D eigenvalue weighted by molar-refractivity contribution is 0.120. The van der Waals surface area contributed by atoms with Crippen LogP contribution in [-0.4, -0.2) is 92.8 Å². The van der Waals surface area contributed by atoms with Crippen LogP contribution in [0.4, 0.5) is 82.8 Å². The van der Waals surface area contributed by atoms with Crippen LogP contribution < -0.4 is 63.5 Å². The lowest BCUT2D eigenvalue weighted by Gasteiger charge is -2.22. The van der Waals surface area contributed by atoms with Crippen LogP contribution in [0.3, 0.4) is 0 Å². The van der Waals surface area contributed by atoms with Gasteiger partial charge in [0.2, 0.25) is 78.2 Å².